The summed E-state index contributed by atoms with van der Waals surface area (Å²) in [6, 6.07) is 7.24. The number of carboxylic acid groups (broad SMARTS) is 1. The Bertz CT molecular complexity index is 565. The van der Waals surface area contributed by atoms with E-state index in [-0.39, 0.29) is 5.56 Å². The average Bonchev–Trinajstić information content (AvgIpc) is 2.64. The Hall–Kier alpha value is -1.52. The van der Waals surface area contributed by atoms with E-state index in [2.05, 4.69) is 5.32 Å². The number of carbonyl (C=O) groups is 1. The quantitative estimate of drug-likeness (QED) is 0.878. The number of para-hydroxylation sites is 1. The first kappa shape index (κ1) is 12.0. The van der Waals surface area contributed by atoms with Crippen molar-refractivity contribution in [2.24, 2.45) is 0 Å². The third kappa shape index (κ3) is 2.43. The molecule has 1 aromatic carbocycles. The van der Waals surface area contributed by atoms with Crippen LogP contribution in [0, 0.1) is 6.92 Å². The van der Waals surface area contributed by atoms with Gasteiger partial charge in [0.25, 0.3) is 0 Å². The highest BCUT2D eigenvalue weighted by molar-refractivity contribution is 7.10. The van der Waals surface area contributed by atoms with Crippen molar-refractivity contribution < 1.29 is 9.90 Å². The molecule has 2 N–H and O–H groups in total. The Kier molecular flexibility index (Phi) is 3.36. The summed E-state index contributed by atoms with van der Waals surface area (Å²) in [6.45, 7) is 1.87. The van der Waals surface area contributed by atoms with E-state index in [0.29, 0.717) is 16.4 Å². The van der Waals surface area contributed by atoms with Crippen molar-refractivity contribution in [3.63, 3.8) is 0 Å². The first-order valence-electron chi connectivity index (χ1n) is 4.92. The van der Waals surface area contributed by atoms with Gasteiger partial charge in [-0.3, -0.25) is 0 Å². The van der Waals surface area contributed by atoms with Gasteiger partial charge < -0.3 is 10.4 Å². The topological polar surface area (TPSA) is 49.3 Å². The number of aryl methyl sites for hydroxylation is 1. The van der Waals surface area contributed by atoms with Crippen molar-refractivity contribution in [3.05, 3.63) is 45.1 Å². The minimum atomic E-state index is -0.941. The van der Waals surface area contributed by atoms with Gasteiger partial charge >= 0.3 is 5.97 Å². The summed E-state index contributed by atoms with van der Waals surface area (Å²) in [6.07, 6.45) is 0. The summed E-state index contributed by atoms with van der Waals surface area (Å²) in [5.74, 6) is -0.941. The van der Waals surface area contributed by atoms with Gasteiger partial charge in [-0.1, -0.05) is 23.7 Å². The maximum Gasteiger partial charge on any atom is 0.338 e. The van der Waals surface area contributed by atoms with Crippen LogP contribution in [0.15, 0.2) is 29.6 Å². The van der Waals surface area contributed by atoms with Gasteiger partial charge in [0.15, 0.2) is 0 Å². The van der Waals surface area contributed by atoms with E-state index in [4.69, 9.17) is 16.7 Å². The molecular weight excluding hydrogens is 258 g/mol. The minimum Gasteiger partial charge on any atom is -0.478 e. The van der Waals surface area contributed by atoms with Crippen LogP contribution < -0.4 is 5.32 Å². The van der Waals surface area contributed by atoms with Crippen molar-refractivity contribution in [2.75, 3.05) is 5.32 Å². The third-order valence-corrected chi connectivity index (χ3v) is 3.58. The largest absolute Gasteiger partial charge is 0.478 e. The summed E-state index contributed by atoms with van der Waals surface area (Å²) in [5.41, 5.74) is 1.58. The second-order valence-corrected chi connectivity index (χ2v) is 4.98. The second kappa shape index (κ2) is 4.77. The van der Waals surface area contributed by atoms with Gasteiger partial charge in [-0.25, -0.2) is 4.79 Å². The van der Waals surface area contributed by atoms with Crippen molar-refractivity contribution in [3.8, 4) is 0 Å². The van der Waals surface area contributed by atoms with Crippen molar-refractivity contribution in [2.45, 2.75) is 6.92 Å². The molecule has 17 heavy (non-hydrogen) atoms. The Labute approximate surface area is 108 Å². The lowest BCUT2D eigenvalue weighted by atomic mass is 10.2. The summed E-state index contributed by atoms with van der Waals surface area (Å²) < 4.78 is 0. The number of nitrogens with one attached hydrogen (secondary N) is 1. The summed E-state index contributed by atoms with van der Waals surface area (Å²) in [4.78, 5) is 12.0. The van der Waals surface area contributed by atoms with E-state index >= 15 is 0 Å². The number of aromatic carboxylic acids is 1. The lowest BCUT2D eigenvalue weighted by Crippen LogP contribution is -2.00. The van der Waals surface area contributed by atoms with E-state index in [0.717, 1.165) is 4.88 Å². The number of halogens is 1. The van der Waals surface area contributed by atoms with Crippen LogP contribution in [0.4, 0.5) is 11.4 Å². The van der Waals surface area contributed by atoms with Crippen LogP contribution in [0.2, 0.25) is 5.02 Å². The van der Waals surface area contributed by atoms with Crippen LogP contribution >= 0.6 is 22.9 Å². The Balaban J connectivity index is 2.39. The molecule has 0 atom stereocenters. The molecule has 1 aromatic heterocycles. The molecule has 0 aliphatic heterocycles. The molecule has 0 unspecified atom stereocenters. The van der Waals surface area contributed by atoms with Crippen LogP contribution in [-0.4, -0.2) is 11.1 Å². The van der Waals surface area contributed by atoms with Gasteiger partial charge in [-0.15, -0.1) is 11.3 Å². The molecule has 0 radical (unpaired) electrons. The standard InChI is InChI=1S/C12H10ClNO2S/c1-7-11(8(6-17-7)12(15)16)14-10-5-3-2-4-9(10)13/h2-6,14H,1H3,(H,15,16). The Morgan fingerprint density at radius 1 is 1.41 bits per heavy atom. The van der Waals surface area contributed by atoms with E-state index in [1.54, 1.807) is 11.4 Å². The second-order valence-electron chi connectivity index (χ2n) is 3.49. The molecule has 0 saturated heterocycles. The van der Waals surface area contributed by atoms with Gasteiger partial charge in [-0.2, -0.15) is 0 Å². The van der Waals surface area contributed by atoms with Crippen LogP contribution in [0.5, 0.6) is 0 Å². The molecule has 0 bridgehead atoms. The molecule has 2 rings (SSSR count). The van der Waals surface area contributed by atoms with Gasteiger partial charge in [0.05, 0.1) is 22.0 Å². The zero-order chi connectivity index (χ0) is 12.4. The van der Waals surface area contributed by atoms with E-state index in [9.17, 15) is 4.79 Å². The highest BCUT2D eigenvalue weighted by atomic mass is 35.5. The first-order valence-corrected chi connectivity index (χ1v) is 6.18. The van der Waals surface area contributed by atoms with Gasteiger partial charge in [0.1, 0.15) is 0 Å². The number of anilines is 2. The molecule has 2 aromatic rings. The summed E-state index contributed by atoms with van der Waals surface area (Å²) in [5, 5.41) is 14.3. The Morgan fingerprint density at radius 3 is 2.76 bits per heavy atom. The van der Waals surface area contributed by atoms with Gasteiger partial charge in [0.2, 0.25) is 0 Å². The molecule has 0 fully saturated rings. The number of benzene rings is 1. The molecular formula is C12H10ClNO2S. The van der Waals surface area contributed by atoms with Crippen LogP contribution in [0.25, 0.3) is 0 Å². The molecule has 0 aliphatic carbocycles. The smallest absolute Gasteiger partial charge is 0.338 e. The maximum atomic E-state index is 11.0. The van der Waals surface area contributed by atoms with Crippen LogP contribution in [-0.2, 0) is 0 Å². The maximum absolute atomic E-state index is 11.0. The number of hydrogen-bond donors (Lipinski definition) is 2. The fraction of sp³-hybridized carbons (Fsp3) is 0.0833. The van der Waals surface area contributed by atoms with Gasteiger partial charge in [0, 0.05) is 10.3 Å². The number of carboxylic acids is 1. The van der Waals surface area contributed by atoms with Crippen LogP contribution in [0.3, 0.4) is 0 Å². The highest BCUT2D eigenvalue weighted by Crippen LogP contribution is 2.32. The molecule has 0 saturated carbocycles. The lowest BCUT2D eigenvalue weighted by Gasteiger charge is -2.09. The van der Waals surface area contributed by atoms with Crippen molar-refractivity contribution in [1.82, 2.24) is 0 Å². The average molecular weight is 268 g/mol. The molecule has 1 heterocycles. The van der Waals surface area contributed by atoms with Gasteiger partial charge in [-0.05, 0) is 19.1 Å². The highest BCUT2D eigenvalue weighted by Gasteiger charge is 2.15. The molecule has 0 amide bonds. The van der Waals surface area contributed by atoms with E-state index in [1.165, 1.54) is 11.3 Å². The fourth-order valence-corrected chi connectivity index (χ4v) is 2.44. The number of thiophene rings is 1. The molecule has 0 spiro atoms. The predicted octanol–water partition coefficient (Wildman–Crippen LogP) is 4.15. The molecule has 3 nitrogen and oxygen atoms in total. The van der Waals surface area contributed by atoms with E-state index in [1.807, 2.05) is 25.1 Å². The molecule has 88 valence electrons. The summed E-state index contributed by atoms with van der Waals surface area (Å²) in [7, 11) is 0. The fourth-order valence-electron chi connectivity index (χ4n) is 1.46. The van der Waals surface area contributed by atoms with Crippen LogP contribution in [0.1, 0.15) is 15.2 Å². The summed E-state index contributed by atoms with van der Waals surface area (Å²) >= 11 is 7.42. The third-order valence-electron chi connectivity index (χ3n) is 2.34. The Morgan fingerprint density at radius 2 is 2.12 bits per heavy atom. The lowest BCUT2D eigenvalue weighted by molar-refractivity contribution is 0.0698. The normalized spacial score (nSPS) is 10.2. The minimum absolute atomic E-state index is 0.271. The molecule has 0 aliphatic rings. The van der Waals surface area contributed by atoms with E-state index < -0.39 is 5.97 Å². The zero-order valence-corrected chi connectivity index (χ0v) is 10.6. The number of hydrogen-bond acceptors (Lipinski definition) is 3. The molecule has 5 heteroatoms. The zero-order valence-electron chi connectivity index (χ0n) is 9.03. The first-order chi connectivity index (χ1) is 8.09. The number of rotatable bonds is 3. The predicted molar refractivity (Wildman–Crippen MR) is 70.8 cm³/mol. The van der Waals surface area contributed by atoms with Crippen molar-refractivity contribution >= 4 is 40.3 Å². The SMILES string of the molecule is Cc1scc(C(=O)O)c1Nc1ccccc1Cl. The van der Waals surface area contributed by atoms with Crippen molar-refractivity contribution in [1.29, 1.82) is 0 Å². The monoisotopic (exact) mass is 267 g/mol.